The van der Waals surface area contributed by atoms with Crippen molar-refractivity contribution in [2.24, 2.45) is 0 Å². The lowest BCUT2D eigenvalue weighted by Crippen LogP contribution is -2.45. The minimum absolute atomic E-state index is 0.00693. The molecule has 3 N–H and O–H groups in total. The van der Waals surface area contributed by atoms with Crippen molar-refractivity contribution in [3.63, 3.8) is 0 Å². The number of hydrogen-bond acceptors (Lipinski definition) is 5. The fourth-order valence-electron chi connectivity index (χ4n) is 10.5. The zero-order valence-electron chi connectivity index (χ0n) is 47.8. The van der Waals surface area contributed by atoms with Gasteiger partial charge < -0.3 is 20.3 Å². The minimum atomic E-state index is -0.676. The summed E-state index contributed by atoms with van der Waals surface area (Å²) in [5, 5.41) is 23.4. The number of unbranched alkanes of at least 4 members (excludes halogenated alkanes) is 50. The maximum absolute atomic E-state index is 12.5. The predicted octanol–water partition coefficient (Wildman–Crippen LogP) is 20.3. The molecule has 0 aliphatic carbocycles. The Labute approximate surface area is 438 Å². The second-order valence-corrected chi connectivity index (χ2v) is 22.5. The Morgan fingerprint density at radius 1 is 0.343 bits per heavy atom. The van der Waals surface area contributed by atoms with E-state index in [9.17, 15) is 19.8 Å². The van der Waals surface area contributed by atoms with Gasteiger partial charge in [0.2, 0.25) is 5.91 Å². The summed E-state index contributed by atoms with van der Waals surface area (Å²) in [6.07, 6.45) is 71.1. The van der Waals surface area contributed by atoms with Crippen molar-refractivity contribution >= 4 is 11.9 Å². The molecule has 0 aliphatic rings. The lowest BCUT2D eigenvalue weighted by molar-refractivity contribution is -0.143. The number of rotatable bonds is 61. The molecule has 2 atom stereocenters. The molecule has 0 aromatic heterocycles. The van der Waals surface area contributed by atoms with Crippen LogP contribution in [0, 0.1) is 0 Å². The number of hydrogen-bond donors (Lipinski definition) is 3. The minimum Gasteiger partial charge on any atom is -0.466 e. The molecule has 2 unspecified atom stereocenters. The van der Waals surface area contributed by atoms with E-state index in [1.165, 1.54) is 283 Å². The van der Waals surface area contributed by atoms with Gasteiger partial charge in [-0.15, -0.1) is 0 Å². The number of carbonyl (C=O) groups is 2. The van der Waals surface area contributed by atoms with Crippen LogP contribution in [0.5, 0.6) is 0 Å². The van der Waals surface area contributed by atoms with Crippen molar-refractivity contribution in [2.75, 3.05) is 13.2 Å². The first kappa shape index (κ1) is 68.9. The van der Waals surface area contributed by atoms with E-state index in [1.54, 1.807) is 0 Å². The van der Waals surface area contributed by atoms with E-state index in [0.717, 1.165) is 57.8 Å². The monoisotopic (exact) mass is 990 g/mol. The first-order valence-electron chi connectivity index (χ1n) is 32.3. The summed E-state index contributed by atoms with van der Waals surface area (Å²) in [4.78, 5) is 24.6. The molecule has 0 aromatic rings. The molecule has 0 fully saturated rings. The van der Waals surface area contributed by atoms with Crippen LogP contribution in [0.3, 0.4) is 0 Å². The molecule has 1 amide bonds. The van der Waals surface area contributed by atoms with Gasteiger partial charge in [-0.05, 0) is 25.7 Å². The zero-order valence-corrected chi connectivity index (χ0v) is 47.8. The fraction of sp³-hybridized carbons (Fsp3) is 0.969. The van der Waals surface area contributed by atoms with Gasteiger partial charge in [0.1, 0.15) is 0 Å². The van der Waals surface area contributed by atoms with Crippen LogP contribution in [0.25, 0.3) is 0 Å². The van der Waals surface area contributed by atoms with Crippen LogP contribution in [-0.2, 0) is 14.3 Å². The molecule has 0 aliphatic heterocycles. The van der Waals surface area contributed by atoms with E-state index < -0.39 is 12.1 Å². The quantitative estimate of drug-likeness (QED) is 0.0417. The first-order valence-corrected chi connectivity index (χ1v) is 32.3. The van der Waals surface area contributed by atoms with Crippen LogP contribution in [-0.4, -0.2) is 47.4 Å². The van der Waals surface area contributed by atoms with Crippen molar-refractivity contribution in [3.8, 4) is 0 Å². The molecule has 0 saturated carbocycles. The molecule has 6 nitrogen and oxygen atoms in total. The molecule has 0 heterocycles. The van der Waals surface area contributed by atoms with E-state index >= 15 is 0 Å². The smallest absolute Gasteiger partial charge is 0.305 e. The molecule has 0 aromatic carbocycles. The second kappa shape index (κ2) is 60.4. The van der Waals surface area contributed by atoms with Gasteiger partial charge in [-0.25, -0.2) is 0 Å². The van der Waals surface area contributed by atoms with Gasteiger partial charge >= 0.3 is 5.97 Å². The van der Waals surface area contributed by atoms with Crippen molar-refractivity contribution in [1.29, 1.82) is 0 Å². The molecule has 418 valence electrons. The lowest BCUT2D eigenvalue weighted by Gasteiger charge is -2.22. The Morgan fingerprint density at radius 3 is 0.871 bits per heavy atom. The van der Waals surface area contributed by atoms with E-state index in [4.69, 9.17) is 4.74 Å². The van der Waals surface area contributed by atoms with E-state index in [0.29, 0.717) is 25.9 Å². The molecule has 0 rings (SSSR count). The largest absolute Gasteiger partial charge is 0.466 e. The van der Waals surface area contributed by atoms with Crippen LogP contribution in [0.15, 0.2) is 0 Å². The fourth-order valence-corrected chi connectivity index (χ4v) is 10.5. The highest BCUT2D eigenvalue weighted by atomic mass is 16.5. The Morgan fingerprint density at radius 2 is 0.586 bits per heavy atom. The Kier molecular flexibility index (Phi) is 59.4. The third-order valence-corrected chi connectivity index (χ3v) is 15.4. The molecule has 0 saturated heterocycles. The summed E-state index contributed by atoms with van der Waals surface area (Å²) in [6, 6.07) is -0.555. The Bertz CT molecular complexity index is 1010. The van der Waals surface area contributed by atoms with Crippen LogP contribution >= 0.6 is 0 Å². The van der Waals surface area contributed by atoms with Gasteiger partial charge in [0.05, 0.1) is 25.4 Å². The molecule has 6 heteroatoms. The van der Waals surface area contributed by atoms with Gasteiger partial charge in [-0.1, -0.05) is 335 Å². The predicted molar refractivity (Wildman–Crippen MR) is 306 cm³/mol. The van der Waals surface area contributed by atoms with Gasteiger partial charge in [0.25, 0.3) is 0 Å². The third kappa shape index (κ3) is 56.2. The van der Waals surface area contributed by atoms with E-state index in [2.05, 4.69) is 19.2 Å². The number of esters is 1. The maximum Gasteiger partial charge on any atom is 0.305 e. The van der Waals surface area contributed by atoms with Gasteiger partial charge in [0, 0.05) is 12.8 Å². The lowest BCUT2D eigenvalue weighted by atomic mass is 10.0. The van der Waals surface area contributed by atoms with Gasteiger partial charge in [0.15, 0.2) is 0 Å². The number of nitrogens with one attached hydrogen (secondary N) is 1. The number of aliphatic hydroxyl groups is 2. The summed E-state index contributed by atoms with van der Waals surface area (Å²) < 4.78 is 5.49. The summed E-state index contributed by atoms with van der Waals surface area (Å²) in [5.41, 5.74) is 0. The summed E-state index contributed by atoms with van der Waals surface area (Å²) in [6.45, 7) is 4.96. The van der Waals surface area contributed by atoms with Crippen molar-refractivity contribution in [3.05, 3.63) is 0 Å². The number of carbonyl (C=O) groups excluding carboxylic acids is 2. The highest BCUT2D eigenvalue weighted by molar-refractivity contribution is 5.76. The summed E-state index contributed by atoms with van der Waals surface area (Å²) in [5.74, 6) is -0.0550. The van der Waals surface area contributed by atoms with Crippen LogP contribution in [0.2, 0.25) is 0 Å². The average Bonchev–Trinajstić information content (AvgIpc) is 3.36. The normalized spacial score (nSPS) is 12.5. The molecular formula is C64H127NO5. The maximum atomic E-state index is 12.5. The van der Waals surface area contributed by atoms with Crippen molar-refractivity contribution < 1.29 is 24.5 Å². The molecule has 0 radical (unpaired) electrons. The van der Waals surface area contributed by atoms with Crippen LogP contribution in [0.4, 0.5) is 0 Å². The van der Waals surface area contributed by atoms with Gasteiger partial charge in [-0.2, -0.15) is 0 Å². The van der Waals surface area contributed by atoms with E-state index in [1.807, 2.05) is 0 Å². The topological polar surface area (TPSA) is 95.9 Å². The molecule has 0 bridgehead atoms. The third-order valence-electron chi connectivity index (χ3n) is 15.4. The number of amides is 1. The van der Waals surface area contributed by atoms with Crippen molar-refractivity contribution in [1.82, 2.24) is 5.32 Å². The average molecular weight is 991 g/mol. The molecular weight excluding hydrogens is 863 g/mol. The van der Waals surface area contributed by atoms with E-state index in [-0.39, 0.29) is 18.5 Å². The van der Waals surface area contributed by atoms with Crippen LogP contribution in [0.1, 0.15) is 373 Å². The second-order valence-electron chi connectivity index (χ2n) is 22.5. The first-order chi connectivity index (χ1) is 34.5. The van der Waals surface area contributed by atoms with Gasteiger partial charge in [-0.3, -0.25) is 9.59 Å². The Hall–Kier alpha value is -1.14. The highest BCUT2D eigenvalue weighted by Crippen LogP contribution is 2.19. The number of ether oxygens (including phenoxy) is 1. The highest BCUT2D eigenvalue weighted by Gasteiger charge is 2.20. The SMILES string of the molecule is CCCCCCCCCCCCCCCCCCCCCCCCCC(O)C(CO)NC(=O)CCCCCCCCCCCCCOC(=O)CCCCCCCCCCCCCCCCCCCCC. The molecule has 0 spiro atoms. The standard InChI is InChI=1S/C64H127NO5/c1-3-5-7-9-11-13-15-17-19-21-23-24-25-26-28-29-31-33-36-40-44-48-52-56-62(67)61(60-66)65-63(68)57-53-49-45-41-37-35-39-43-47-51-55-59-70-64(69)58-54-50-46-42-38-34-32-30-27-22-20-18-16-14-12-10-8-6-4-2/h61-62,66-67H,3-60H2,1-2H3,(H,65,68). The Balaban J connectivity index is 3.42. The van der Waals surface area contributed by atoms with Crippen molar-refractivity contribution in [2.45, 2.75) is 386 Å². The number of aliphatic hydroxyl groups excluding tert-OH is 2. The summed E-state index contributed by atoms with van der Waals surface area (Å²) >= 11 is 0. The molecule has 70 heavy (non-hydrogen) atoms. The van der Waals surface area contributed by atoms with Crippen LogP contribution < -0.4 is 5.32 Å². The summed E-state index contributed by atoms with van der Waals surface area (Å²) in [7, 11) is 0. The zero-order chi connectivity index (χ0) is 50.7.